The van der Waals surface area contributed by atoms with E-state index in [-0.39, 0.29) is 24.2 Å². The van der Waals surface area contributed by atoms with E-state index in [1.54, 1.807) is 6.92 Å². The lowest BCUT2D eigenvalue weighted by Gasteiger charge is -2.38. The zero-order valence-corrected chi connectivity index (χ0v) is 14.6. The molecule has 2 heterocycles. The number of amides is 1. The van der Waals surface area contributed by atoms with Crippen LogP contribution in [-0.4, -0.2) is 53.8 Å². The Hall–Kier alpha value is -1.43. The van der Waals surface area contributed by atoms with Gasteiger partial charge in [0.05, 0.1) is 0 Å². The molecule has 24 heavy (non-hydrogen) atoms. The minimum absolute atomic E-state index is 0.0275. The lowest BCUT2D eigenvalue weighted by molar-refractivity contribution is -0.156. The number of hydrogen-bond acceptors (Lipinski definition) is 4. The number of hydrogen-bond donors (Lipinski definition) is 2. The number of carboxylic acid groups (broad SMARTS) is 1. The first-order valence-corrected chi connectivity index (χ1v) is 9.22. The van der Waals surface area contributed by atoms with Crippen molar-refractivity contribution in [1.29, 1.82) is 0 Å². The van der Waals surface area contributed by atoms with Crippen molar-refractivity contribution >= 4 is 18.2 Å². The molecule has 0 aromatic carbocycles. The molecule has 2 aliphatic heterocycles. The summed E-state index contributed by atoms with van der Waals surface area (Å²) in [4.78, 5) is 36.7. The minimum atomic E-state index is -1.00. The van der Waals surface area contributed by atoms with Crippen molar-refractivity contribution in [2.75, 3.05) is 19.6 Å². The van der Waals surface area contributed by atoms with Crippen molar-refractivity contribution in [1.82, 2.24) is 10.2 Å². The quantitative estimate of drug-likeness (QED) is 0.658. The van der Waals surface area contributed by atoms with Crippen LogP contribution < -0.4 is 5.32 Å². The van der Waals surface area contributed by atoms with Crippen LogP contribution in [0.25, 0.3) is 0 Å². The minimum Gasteiger partial charge on any atom is -0.480 e. The monoisotopic (exact) mass is 338 g/mol. The van der Waals surface area contributed by atoms with Gasteiger partial charge in [0.25, 0.3) is 0 Å². The summed E-state index contributed by atoms with van der Waals surface area (Å²) in [5.41, 5.74) is 0. The molecule has 2 rings (SSSR count). The first-order chi connectivity index (χ1) is 11.5. The van der Waals surface area contributed by atoms with Crippen molar-refractivity contribution in [3.8, 4) is 0 Å². The van der Waals surface area contributed by atoms with Crippen LogP contribution >= 0.6 is 0 Å². The van der Waals surface area contributed by atoms with Crippen molar-refractivity contribution in [3.05, 3.63) is 0 Å². The van der Waals surface area contributed by atoms with Crippen LogP contribution in [0.1, 0.15) is 51.9 Å². The van der Waals surface area contributed by atoms with E-state index in [0.29, 0.717) is 12.5 Å². The van der Waals surface area contributed by atoms with Crippen LogP contribution in [0.5, 0.6) is 0 Å². The molecule has 0 spiro atoms. The smallest absolute Gasteiger partial charge is 0.326 e. The third-order valence-electron chi connectivity index (χ3n) is 5.56. The number of likely N-dealkylation sites (tertiary alicyclic amines) is 1. The van der Waals surface area contributed by atoms with Gasteiger partial charge in [-0.3, -0.25) is 4.79 Å². The Morgan fingerprint density at radius 3 is 2.67 bits per heavy atom. The largest absolute Gasteiger partial charge is 0.480 e. The fourth-order valence-corrected chi connectivity index (χ4v) is 4.09. The number of aliphatic carboxylic acids is 1. The lowest BCUT2D eigenvalue weighted by Crippen LogP contribution is -2.53. The number of aldehydes is 1. The van der Waals surface area contributed by atoms with E-state index in [9.17, 15) is 19.5 Å². The maximum Gasteiger partial charge on any atom is 0.326 e. The fourth-order valence-electron chi connectivity index (χ4n) is 4.09. The number of carbonyl (C=O) groups excluding carboxylic acids is 2. The zero-order valence-electron chi connectivity index (χ0n) is 14.6. The molecule has 0 radical (unpaired) electrons. The molecule has 2 N–H and O–H groups in total. The number of carbonyl (C=O) groups is 3. The lowest BCUT2D eigenvalue weighted by atomic mass is 9.84. The highest BCUT2D eigenvalue weighted by Crippen LogP contribution is 2.29. The number of rotatable bonds is 8. The highest BCUT2D eigenvalue weighted by atomic mass is 16.4. The van der Waals surface area contributed by atoms with Gasteiger partial charge in [-0.05, 0) is 63.5 Å². The van der Waals surface area contributed by atoms with Crippen LogP contribution in [0.2, 0.25) is 0 Å². The van der Waals surface area contributed by atoms with E-state index >= 15 is 0 Å². The second kappa shape index (κ2) is 9.16. The second-order valence-electron chi connectivity index (χ2n) is 7.30. The van der Waals surface area contributed by atoms with Gasteiger partial charge in [-0.2, -0.15) is 0 Å². The number of piperidine rings is 2. The Morgan fingerprint density at radius 1 is 1.33 bits per heavy atom. The third kappa shape index (κ3) is 4.79. The van der Waals surface area contributed by atoms with Crippen LogP contribution in [0.15, 0.2) is 0 Å². The molecule has 0 aliphatic carbocycles. The Balaban J connectivity index is 1.96. The topological polar surface area (TPSA) is 86.7 Å². The normalized spacial score (nSPS) is 25.3. The number of nitrogens with one attached hydrogen (secondary N) is 1. The molecule has 1 unspecified atom stereocenters. The average molecular weight is 338 g/mol. The van der Waals surface area contributed by atoms with E-state index < -0.39 is 12.0 Å². The van der Waals surface area contributed by atoms with Gasteiger partial charge in [-0.15, -0.1) is 0 Å². The average Bonchev–Trinajstić information content (AvgIpc) is 2.56. The summed E-state index contributed by atoms with van der Waals surface area (Å²) in [5.74, 6) is -0.762. The van der Waals surface area contributed by atoms with Crippen LogP contribution in [0.3, 0.4) is 0 Å². The summed E-state index contributed by atoms with van der Waals surface area (Å²) in [6.45, 7) is 4.33. The maximum atomic E-state index is 12.8. The van der Waals surface area contributed by atoms with E-state index in [1.165, 1.54) is 17.7 Å². The summed E-state index contributed by atoms with van der Waals surface area (Å²) in [5, 5.41) is 12.9. The third-order valence-corrected chi connectivity index (χ3v) is 5.56. The van der Waals surface area contributed by atoms with Crippen LogP contribution in [-0.2, 0) is 14.4 Å². The van der Waals surface area contributed by atoms with Gasteiger partial charge in [0, 0.05) is 18.9 Å². The molecular weight excluding hydrogens is 308 g/mol. The molecule has 2 saturated heterocycles. The molecule has 1 amide bonds. The molecular formula is C18H30N2O4. The van der Waals surface area contributed by atoms with Crippen molar-refractivity contribution < 1.29 is 19.5 Å². The first-order valence-electron chi connectivity index (χ1n) is 9.22. The number of carboxylic acids is 1. The summed E-state index contributed by atoms with van der Waals surface area (Å²) in [6, 6.07) is -0.885. The standard InChI is InChI=1S/C18H30N2O4/c1-13(8-12-21)16(18(23)24)20-11-2-3-15(17(20)22)5-4-14-6-9-19-10-7-14/h12-16,19H,2-11H2,1H3,(H,23,24)/t13-,15+,16?/m1/s1. The van der Waals surface area contributed by atoms with Gasteiger partial charge in [-0.1, -0.05) is 6.92 Å². The van der Waals surface area contributed by atoms with E-state index in [1.807, 2.05) is 0 Å². The second-order valence-corrected chi connectivity index (χ2v) is 7.30. The molecule has 6 nitrogen and oxygen atoms in total. The van der Waals surface area contributed by atoms with Gasteiger partial charge >= 0.3 is 5.97 Å². The maximum absolute atomic E-state index is 12.8. The van der Waals surface area contributed by atoms with Crippen molar-refractivity contribution in [2.45, 2.75) is 57.9 Å². The molecule has 0 bridgehead atoms. The van der Waals surface area contributed by atoms with E-state index in [0.717, 1.165) is 45.1 Å². The molecule has 6 heteroatoms. The molecule has 0 aromatic rings. The predicted molar refractivity (Wildman–Crippen MR) is 90.5 cm³/mol. The summed E-state index contributed by atoms with van der Waals surface area (Å²) < 4.78 is 0. The van der Waals surface area contributed by atoms with Gasteiger partial charge in [0.15, 0.2) is 0 Å². The highest BCUT2D eigenvalue weighted by molar-refractivity contribution is 5.86. The number of nitrogens with zero attached hydrogens (tertiary/aromatic N) is 1. The summed E-state index contributed by atoms with van der Waals surface area (Å²) in [6.07, 6.45) is 6.85. The summed E-state index contributed by atoms with van der Waals surface area (Å²) >= 11 is 0. The molecule has 2 aliphatic rings. The predicted octanol–water partition coefficient (Wildman–Crippen LogP) is 1.68. The van der Waals surface area contributed by atoms with E-state index in [4.69, 9.17) is 0 Å². The summed E-state index contributed by atoms with van der Waals surface area (Å²) in [7, 11) is 0. The molecule has 3 atom stereocenters. The molecule has 0 saturated carbocycles. The molecule has 0 aromatic heterocycles. The first kappa shape index (κ1) is 18.9. The van der Waals surface area contributed by atoms with Crippen molar-refractivity contribution in [2.24, 2.45) is 17.8 Å². The van der Waals surface area contributed by atoms with Gasteiger partial charge < -0.3 is 20.1 Å². The Morgan fingerprint density at radius 2 is 2.04 bits per heavy atom. The molecule has 2 fully saturated rings. The van der Waals surface area contributed by atoms with Gasteiger partial charge in [-0.25, -0.2) is 4.79 Å². The van der Waals surface area contributed by atoms with Gasteiger partial charge in [0.1, 0.15) is 12.3 Å². The van der Waals surface area contributed by atoms with Gasteiger partial charge in [0.2, 0.25) is 5.91 Å². The SMILES string of the molecule is C[C@H](CC=O)C(C(=O)O)N1CCC[C@@H](CCC2CCNCC2)C1=O. The Bertz CT molecular complexity index is 448. The molecule has 136 valence electrons. The fraction of sp³-hybridized carbons (Fsp3) is 0.833. The Kier molecular flexibility index (Phi) is 7.21. The Labute approximate surface area is 144 Å². The zero-order chi connectivity index (χ0) is 17.5. The van der Waals surface area contributed by atoms with Crippen molar-refractivity contribution in [3.63, 3.8) is 0 Å². The van der Waals surface area contributed by atoms with Crippen LogP contribution in [0, 0.1) is 17.8 Å². The highest BCUT2D eigenvalue weighted by Gasteiger charge is 2.39. The van der Waals surface area contributed by atoms with Crippen LogP contribution in [0.4, 0.5) is 0 Å². The van der Waals surface area contributed by atoms with E-state index in [2.05, 4.69) is 5.32 Å².